The zero-order chi connectivity index (χ0) is 21.5. The van der Waals surface area contributed by atoms with Gasteiger partial charge in [-0.05, 0) is 36.4 Å². The molecule has 1 aliphatic rings. The summed E-state index contributed by atoms with van der Waals surface area (Å²) in [6, 6.07) is 8.65. The molecule has 0 bridgehead atoms. The minimum Gasteiger partial charge on any atom is -0.484 e. The number of rotatable bonds is 7. The van der Waals surface area contributed by atoms with Gasteiger partial charge in [-0.2, -0.15) is 0 Å². The predicted molar refractivity (Wildman–Crippen MR) is 105 cm³/mol. The third-order valence-electron chi connectivity index (χ3n) is 4.76. The SMILES string of the molecule is O=C(CCN1CCN(C(=O)COc2ccc(F)cc2)CC1)Nc1ccc(F)c(F)c1. The number of hydrogen-bond acceptors (Lipinski definition) is 4. The van der Waals surface area contributed by atoms with E-state index >= 15 is 0 Å². The molecule has 0 saturated carbocycles. The number of piperazine rings is 1. The smallest absolute Gasteiger partial charge is 0.260 e. The molecule has 1 aliphatic heterocycles. The standard InChI is InChI=1S/C21H22F3N3O3/c22-15-1-4-17(5-2-15)30-14-21(29)27-11-9-26(10-12-27)8-7-20(28)25-16-3-6-18(23)19(24)13-16/h1-6,13H,7-12,14H2,(H,25,28). The Morgan fingerprint density at radius 1 is 0.933 bits per heavy atom. The Bertz CT molecular complexity index is 885. The van der Waals surface area contributed by atoms with Crippen molar-refractivity contribution in [2.24, 2.45) is 0 Å². The molecular formula is C21H22F3N3O3. The molecule has 0 aromatic heterocycles. The third kappa shape index (κ3) is 6.21. The quantitative estimate of drug-likeness (QED) is 0.747. The summed E-state index contributed by atoms with van der Waals surface area (Å²) < 4.78 is 44.4. The second kappa shape index (κ2) is 10.1. The normalized spacial score (nSPS) is 14.4. The molecule has 0 aliphatic carbocycles. The monoisotopic (exact) mass is 421 g/mol. The van der Waals surface area contributed by atoms with Crippen LogP contribution in [-0.4, -0.2) is 60.9 Å². The number of amides is 2. The maximum atomic E-state index is 13.2. The zero-order valence-corrected chi connectivity index (χ0v) is 16.2. The maximum absolute atomic E-state index is 13.2. The van der Waals surface area contributed by atoms with Crippen LogP contribution in [-0.2, 0) is 9.59 Å². The van der Waals surface area contributed by atoms with Crippen molar-refractivity contribution in [3.05, 3.63) is 59.9 Å². The largest absolute Gasteiger partial charge is 0.484 e. The van der Waals surface area contributed by atoms with Gasteiger partial charge < -0.3 is 15.0 Å². The molecule has 30 heavy (non-hydrogen) atoms. The molecule has 0 radical (unpaired) electrons. The fraction of sp³-hybridized carbons (Fsp3) is 0.333. The van der Waals surface area contributed by atoms with Crippen LogP contribution in [0.4, 0.5) is 18.9 Å². The zero-order valence-electron chi connectivity index (χ0n) is 16.2. The minimum atomic E-state index is -1.02. The lowest BCUT2D eigenvalue weighted by Crippen LogP contribution is -2.50. The van der Waals surface area contributed by atoms with Crippen molar-refractivity contribution < 1.29 is 27.5 Å². The molecule has 3 rings (SSSR count). The molecular weight excluding hydrogens is 399 g/mol. The van der Waals surface area contributed by atoms with Crippen molar-refractivity contribution in [3.63, 3.8) is 0 Å². The highest BCUT2D eigenvalue weighted by Crippen LogP contribution is 2.14. The van der Waals surface area contributed by atoms with Gasteiger partial charge in [0.2, 0.25) is 5.91 Å². The molecule has 2 aromatic carbocycles. The first-order valence-corrected chi connectivity index (χ1v) is 9.54. The summed E-state index contributed by atoms with van der Waals surface area (Å²) in [6.07, 6.45) is 0.195. The number of carbonyl (C=O) groups excluding carboxylic acids is 2. The molecule has 1 N–H and O–H groups in total. The van der Waals surface area contributed by atoms with Gasteiger partial charge in [-0.1, -0.05) is 0 Å². The van der Waals surface area contributed by atoms with E-state index in [1.54, 1.807) is 4.90 Å². The van der Waals surface area contributed by atoms with Crippen LogP contribution in [0.5, 0.6) is 5.75 Å². The molecule has 1 heterocycles. The second-order valence-corrected chi connectivity index (χ2v) is 6.89. The molecule has 2 amide bonds. The van der Waals surface area contributed by atoms with Crippen LogP contribution in [0, 0.1) is 17.5 Å². The number of nitrogens with zero attached hydrogens (tertiary/aromatic N) is 2. The van der Waals surface area contributed by atoms with E-state index in [1.807, 2.05) is 0 Å². The summed E-state index contributed by atoms with van der Waals surface area (Å²) in [5.74, 6) is -2.39. The van der Waals surface area contributed by atoms with Gasteiger partial charge in [0.05, 0.1) is 0 Å². The lowest BCUT2D eigenvalue weighted by molar-refractivity contribution is -0.135. The van der Waals surface area contributed by atoms with E-state index < -0.39 is 11.6 Å². The van der Waals surface area contributed by atoms with E-state index in [9.17, 15) is 22.8 Å². The van der Waals surface area contributed by atoms with Crippen molar-refractivity contribution in [1.29, 1.82) is 0 Å². The average Bonchev–Trinajstić information content (AvgIpc) is 2.74. The maximum Gasteiger partial charge on any atom is 0.260 e. The van der Waals surface area contributed by atoms with Crippen LogP contribution in [0.3, 0.4) is 0 Å². The van der Waals surface area contributed by atoms with Crippen molar-refractivity contribution >= 4 is 17.5 Å². The number of halogens is 3. The Labute approximate surface area is 172 Å². The third-order valence-corrected chi connectivity index (χ3v) is 4.76. The first-order chi connectivity index (χ1) is 14.4. The van der Waals surface area contributed by atoms with E-state index in [2.05, 4.69) is 10.2 Å². The number of nitrogens with one attached hydrogen (secondary N) is 1. The topological polar surface area (TPSA) is 61.9 Å². The van der Waals surface area contributed by atoms with Crippen molar-refractivity contribution in [2.45, 2.75) is 6.42 Å². The van der Waals surface area contributed by atoms with Crippen molar-refractivity contribution in [1.82, 2.24) is 9.80 Å². The van der Waals surface area contributed by atoms with Gasteiger partial charge in [-0.25, -0.2) is 13.2 Å². The van der Waals surface area contributed by atoms with E-state index in [-0.39, 0.29) is 36.3 Å². The lowest BCUT2D eigenvalue weighted by atomic mass is 10.2. The molecule has 0 spiro atoms. The molecule has 6 nitrogen and oxygen atoms in total. The highest BCUT2D eigenvalue weighted by molar-refractivity contribution is 5.90. The summed E-state index contributed by atoms with van der Waals surface area (Å²) in [5, 5.41) is 2.54. The number of ether oxygens (including phenoxy) is 1. The highest BCUT2D eigenvalue weighted by atomic mass is 19.2. The summed E-state index contributed by atoms with van der Waals surface area (Å²) in [5.41, 5.74) is 0.204. The molecule has 160 valence electrons. The van der Waals surface area contributed by atoms with E-state index in [4.69, 9.17) is 4.74 Å². The van der Waals surface area contributed by atoms with Crippen LogP contribution < -0.4 is 10.1 Å². The second-order valence-electron chi connectivity index (χ2n) is 6.89. The Morgan fingerprint density at radius 3 is 2.30 bits per heavy atom. The number of carbonyl (C=O) groups is 2. The van der Waals surface area contributed by atoms with Gasteiger partial charge in [0, 0.05) is 50.9 Å². The average molecular weight is 421 g/mol. The van der Waals surface area contributed by atoms with Gasteiger partial charge in [-0.3, -0.25) is 14.5 Å². The molecule has 2 aromatic rings. The molecule has 0 unspecified atom stereocenters. The fourth-order valence-electron chi connectivity index (χ4n) is 3.05. The minimum absolute atomic E-state index is 0.123. The van der Waals surface area contributed by atoms with Crippen LogP contribution in [0.2, 0.25) is 0 Å². The number of anilines is 1. The van der Waals surface area contributed by atoms with Gasteiger partial charge in [0.1, 0.15) is 11.6 Å². The lowest BCUT2D eigenvalue weighted by Gasteiger charge is -2.34. The fourth-order valence-corrected chi connectivity index (χ4v) is 3.05. The molecule has 9 heteroatoms. The van der Waals surface area contributed by atoms with Gasteiger partial charge in [0.25, 0.3) is 5.91 Å². The highest BCUT2D eigenvalue weighted by Gasteiger charge is 2.21. The molecule has 0 atom stereocenters. The predicted octanol–water partition coefficient (Wildman–Crippen LogP) is 2.66. The molecule has 1 saturated heterocycles. The first-order valence-electron chi connectivity index (χ1n) is 9.54. The van der Waals surface area contributed by atoms with Crippen molar-refractivity contribution in [3.8, 4) is 5.75 Å². The Hall–Kier alpha value is -3.07. The van der Waals surface area contributed by atoms with Gasteiger partial charge in [-0.15, -0.1) is 0 Å². The van der Waals surface area contributed by atoms with E-state index in [0.717, 1.165) is 12.1 Å². The Morgan fingerprint density at radius 2 is 1.63 bits per heavy atom. The number of benzene rings is 2. The number of hydrogen-bond donors (Lipinski definition) is 1. The van der Waals surface area contributed by atoms with Gasteiger partial charge in [0.15, 0.2) is 18.2 Å². The summed E-state index contributed by atoms with van der Waals surface area (Å²) >= 11 is 0. The Balaban J connectivity index is 1.35. The van der Waals surface area contributed by atoms with Crippen LogP contribution in [0.15, 0.2) is 42.5 Å². The van der Waals surface area contributed by atoms with Crippen LogP contribution in [0.1, 0.15) is 6.42 Å². The summed E-state index contributed by atoms with van der Waals surface area (Å²) in [4.78, 5) is 28.0. The van der Waals surface area contributed by atoms with Crippen LogP contribution in [0.25, 0.3) is 0 Å². The van der Waals surface area contributed by atoms with E-state index in [1.165, 1.54) is 30.3 Å². The van der Waals surface area contributed by atoms with Crippen LogP contribution >= 0.6 is 0 Å². The molecule has 1 fully saturated rings. The van der Waals surface area contributed by atoms with Gasteiger partial charge >= 0.3 is 0 Å². The summed E-state index contributed by atoms with van der Waals surface area (Å²) in [6.45, 7) is 2.61. The van der Waals surface area contributed by atoms with Crippen molar-refractivity contribution in [2.75, 3.05) is 44.6 Å². The summed E-state index contributed by atoms with van der Waals surface area (Å²) in [7, 11) is 0. The first kappa shape index (κ1) is 21.6. The Kier molecular flexibility index (Phi) is 7.29. The van der Waals surface area contributed by atoms with E-state index in [0.29, 0.717) is 38.5 Å².